The monoisotopic (exact) mass is 392 g/mol. The van der Waals surface area contributed by atoms with Gasteiger partial charge in [0.2, 0.25) is 0 Å². The molecule has 150 valence electrons. The summed E-state index contributed by atoms with van der Waals surface area (Å²) in [5.41, 5.74) is -1.10. The van der Waals surface area contributed by atoms with Crippen molar-refractivity contribution in [1.82, 2.24) is 0 Å². The lowest BCUT2D eigenvalue weighted by atomic mass is 9.94. The standard InChI is InChI=1S/C19H20O9/c1-9(2)18(25)27-7-12(22)8-28-19(26)16-6-13(10(3)20)15(17(23)24)5-14(16)11(4)21/h5-6,12,22H,1,7-8H2,2-4H3,(H,23,24). The third-order valence-electron chi connectivity index (χ3n) is 3.53. The topological polar surface area (TPSA) is 144 Å². The average molecular weight is 392 g/mol. The van der Waals surface area contributed by atoms with Gasteiger partial charge in [-0.2, -0.15) is 0 Å². The van der Waals surface area contributed by atoms with Crippen LogP contribution >= 0.6 is 0 Å². The number of ketones is 2. The molecule has 0 spiro atoms. The number of benzene rings is 1. The number of rotatable bonds is 9. The first kappa shape index (κ1) is 22.7. The summed E-state index contributed by atoms with van der Waals surface area (Å²) in [6, 6.07) is 1.90. The van der Waals surface area contributed by atoms with Gasteiger partial charge in [-0.3, -0.25) is 9.59 Å². The van der Waals surface area contributed by atoms with Crippen molar-refractivity contribution in [3.8, 4) is 0 Å². The molecular weight excluding hydrogens is 372 g/mol. The van der Waals surface area contributed by atoms with Crippen LogP contribution < -0.4 is 0 Å². The molecule has 0 saturated carbocycles. The SMILES string of the molecule is C=C(C)C(=O)OCC(O)COC(=O)c1cc(C(C)=O)c(C(=O)O)cc1C(C)=O. The highest BCUT2D eigenvalue weighted by Crippen LogP contribution is 2.20. The predicted molar refractivity (Wildman–Crippen MR) is 95.5 cm³/mol. The number of ether oxygens (including phenoxy) is 2. The Kier molecular flexibility index (Phi) is 7.75. The van der Waals surface area contributed by atoms with Crippen LogP contribution in [0.3, 0.4) is 0 Å². The van der Waals surface area contributed by atoms with E-state index in [2.05, 4.69) is 6.58 Å². The number of carboxylic acid groups (broad SMARTS) is 1. The average Bonchev–Trinajstić information content (AvgIpc) is 2.62. The van der Waals surface area contributed by atoms with E-state index < -0.39 is 54.4 Å². The number of aromatic carboxylic acids is 1. The second kappa shape index (κ2) is 9.56. The van der Waals surface area contributed by atoms with Gasteiger partial charge in [-0.25, -0.2) is 14.4 Å². The molecule has 0 amide bonds. The Hall–Kier alpha value is -3.33. The fraction of sp³-hybridized carbons (Fsp3) is 0.316. The van der Waals surface area contributed by atoms with Gasteiger partial charge < -0.3 is 19.7 Å². The second-order valence-corrected chi connectivity index (χ2v) is 5.99. The molecule has 2 N–H and O–H groups in total. The summed E-state index contributed by atoms with van der Waals surface area (Å²) in [6.45, 7) is 6.02. The molecule has 1 atom stereocenters. The van der Waals surface area contributed by atoms with Gasteiger partial charge in [-0.1, -0.05) is 6.58 Å². The lowest BCUT2D eigenvalue weighted by molar-refractivity contribution is -0.142. The van der Waals surface area contributed by atoms with Crippen LogP contribution in [0.1, 0.15) is 62.2 Å². The van der Waals surface area contributed by atoms with Crippen LogP contribution in [-0.2, 0) is 14.3 Å². The number of hydrogen-bond donors (Lipinski definition) is 2. The van der Waals surface area contributed by atoms with E-state index >= 15 is 0 Å². The van der Waals surface area contributed by atoms with Crippen LogP contribution in [0.4, 0.5) is 0 Å². The maximum atomic E-state index is 12.3. The van der Waals surface area contributed by atoms with Crippen molar-refractivity contribution in [3.63, 3.8) is 0 Å². The smallest absolute Gasteiger partial charge is 0.338 e. The van der Waals surface area contributed by atoms with Crippen molar-refractivity contribution < 1.29 is 43.7 Å². The fourth-order valence-electron chi connectivity index (χ4n) is 2.12. The molecule has 1 rings (SSSR count). The molecule has 0 aliphatic rings. The third kappa shape index (κ3) is 5.85. The minimum absolute atomic E-state index is 0.130. The summed E-state index contributed by atoms with van der Waals surface area (Å²) >= 11 is 0. The van der Waals surface area contributed by atoms with Crippen molar-refractivity contribution in [1.29, 1.82) is 0 Å². The highest BCUT2D eigenvalue weighted by Gasteiger charge is 2.24. The first-order valence-electron chi connectivity index (χ1n) is 8.06. The van der Waals surface area contributed by atoms with Crippen LogP contribution in [0.15, 0.2) is 24.3 Å². The molecule has 1 aromatic rings. The van der Waals surface area contributed by atoms with Gasteiger partial charge in [0.25, 0.3) is 0 Å². The van der Waals surface area contributed by atoms with Crippen molar-refractivity contribution in [3.05, 3.63) is 46.5 Å². The van der Waals surface area contributed by atoms with Crippen LogP contribution in [0.2, 0.25) is 0 Å². The van der Waals surface area contributed by atoms with Gasteiger partial charge in [-0.15, -0.1) is 0 Å². The van der Waals surface area contributed by atoms with Gasteiger partial charge in [-0.05, 0) is 32.9 Å². The number of carbonyl (C=O) groups is 5. The number of esters is 2. The maximum absolute atomic E-state index is 12.3. The number of aliphatic hydroxyl groups is 1. The van der Waals surface area contributed by atoms with E-state index in [0.717, 1.165) is 26.0 Å². The van der Waals surface area contributed by atoms with Crippen LogP contribution in [0.25, 0.3) is 0 Å². The molecule has 0 aliphatic carbocycles. The first-order chi connectivity index (χ1) is 13.0. The zero-order valence-corrected chi connectivity index (χ0v) is 15.6. The summed E-state index contributed by atoms with van der Waals surface area (Å²) in [5, 5.41) is 18.9. The normalized spacial score (nSPS) is 11.3. The quantitative estimate of drug-likeness (QED) is 0.362. The summed E-state index contributed by atoms with van der Waals surface area (Å²) in [4.78, 5) is 58.4. The molecular formula is C19H20O9. The Balaban J connectivity index is 3.03. The largest absolute Gasteiger partial charge is 0.478 e. The van der Waals surface area contributed by atoms with Gasteiger partial charge in [0.15, 0.2) is 11.6 Å². The van der Waals surface area contributed by atoms with E-state index in [0.29, 0.717) is 0 Å². The Morgan fingerprint density at radius 1 is 0.893 bits per heavy atom. The molecule has 0 bridgehead atoms. The van der Waals surface area contributed by atoms with Crippen molar-refractivity contribution in [2.24, 2.45) is 0 Å². The van der Waals surface area contributed by atoms with E-state index in [1.165, 1.54) is 6.92 Å². The summed E-state index contributed by atoms with van der Waals surface area (Å²) < 4.78 is 9.61. The number of Topliss-reactive ketones (excluding diaryl/α,β-unsaturated/α-hetero) is 2. The maximum Gasteiger partial charge on any atom is 0.338 e. The molecule has 1 unspecified atom stereocenters. The lowest BCUT2D eigenvalue weighted by Gasteiger charge is -2.14. The van der Waals surface area contributed by atoms with Crippen molar-refractivity contribution in [2.75, 3.05) is 13.2 Å². The first-order valence-corrected chi connectivity index (χ1v) is 8.06. The summed E-state index contributed by atoms with van der Waals surface area (Å²) in [5.74, 6) is -4.43. The zero-order chi connectivity index (χ0) is 21.6. The van der Waals surface area contributed by atoms with Crippen LogP contribution in [0, 0.1) is 0 Å². The van der Waals surface area contributed by atoms with Crippen LogP contribution in [0.5, 0.6) is 0 Å². The van der Waals surface area contributed by atoms with E-state index in [-0.39, 0.29) is 22.3 Å². The zero-order valence-electron chi connectivity index (χ0n) is 15.6. The van der Waals surface area contributed by atoms with Gasteiger partial charge in [0.05, 0.1) is 11.1 Å². The fourth-order valence-corrected chi connectivity index (χ4v) is 2.12. The minimum atomic E-state index is -1.43. The van der Waals surface area contributed by atoms with E-state index in [9.17, 15) is 34.2 Å². The minimum Gasteiger partial charge on any atom is -0.478 e. The summed E-state index contributed by atoms with van der Waals surface area (Å²) in [7, 11) is 0. The number of carbonyl (C=O) groups excluding carboxylic acids is 4. The highest BCUT2D eigenvalue weighted by molar-refractivity contribution is 6.12. The Morgan fingerprint density at radius 3 is 1.82 bits per heavy atom. The third-order valence-corrected chi connectivity index (χ3v) is 3.53. The molecule has 28 heavy (non-hydrogen) atoms. The summed E-state index contributed by atoms with van der Waals surface area (Å²) in [6.07, 6.45) is -1.33. The second-order valence-electron chi connectivity index (χ2n) is 5.99. The van der Waals surface area contributed by atoms with Crippen molar-refractivity contribution >= 4 is 29.5 Å². The molecule has 1 aromatic carbocycles. The molecule has 9 nitrogen and oxygen atoms in total. The molecule has 9 heteroatoms. The molecule has 0 aliphatic heterocycles. The molecule has 0 aromatic heterocycles. The van der Waals surface area contributed by atoms with E-state index in [1.807, 2.05) is 0 Å². The van der Waals surface area contributed by atoms with Gasteiger partial charge >= 0.3 is 17.9 Å². The van der Waals surface area contributed by atoms with Gasteiger partial charge in [0.1, 0.15) is 19.3 Å². The molecule has 0 radical (unpaired) electrons. The Morgan fingerprint density at radius 2 is 1.36 bits per heavy atom. The van der Waals surface area contributed by atoms with Crippen LogP contribution in [-0.4, -0.2) is 59.0 Å². The number of hydrogen-bond acceptors (Lipinski definition) is 8. The molecule has 0 saturated heterocycles. The lowest BCUT2D eigenvalue weighted by Crippen LogP contribution is -2.26. The molecule has 0 heterocycles. The highest BCUT2D eigenvalue weighted by atomic mass is 16.6. The van der Waals surface area contributed by atoms with E-state index in [1.54, 1.807) is 0 Å². The van der Waals surface area contributed by atoms with Gasteiger partial charge in [0, 0.05) is 16.7 Å². The van der Waals surface area contributed by atoms with E-state index in [4.69, 9.17) is 9.47 Å². The number of aliphatic hydroxyl groups excluding tert-OH is 1. The number of carboxylic acids is 1. The Labute approximate surface area is 160 Å². The predicted octanol–water partition coefficient (Wildman–Crippen LogP) is 1.43. The molecule has 0 fully saturated rings. The van der Waals surface area contributed by atoms with Crippen molar-refractivity contribution in [2.45, 2.75) is 26.9 Å². The Bertz CT molecular complexity index is 851.